The second-order valence-corrected chi connectivity index (χ2v) is 7.39. The van der Waals surface area contributed by atoms with E-state index in [1.165, 1.54) is 10.4 Å². The van der Waals surface area contributed by atoms with Gasteiger partial charge >= 0.3 is 0 Å². The molecule has 0 aliphatic carbocycles. The van der Waals surface area contributed by atoms with Crippen LogP contribution < -0.4 is 4.90 Å². The highest BCUT2D eigenvalue weighted by Gasteiger charge is 2.51. The van der Waals surface area contributed by atoms with E-state index >= 15 is 0 Å². The van der Waals surface area contributed by atoms with Gasteiger partial charge in [0, 0.05) is 30.7 Å². The minimum absolute atomic E-state index is 0.268. The Hall–Kier alpha value is -1.65. The Balaban J connectivity index is 1.67. The molecular formula is C18H20N2OS. The van der Waals surface area contributed by atoms with Crippen molar-refractivity contribution in [3.63, 3.8) is 0 Å². The molecule has 1 aromatic heterocycles. The SMILES string of the molecule is CN1C(=O)[C@]2(CCCN(Cc3cccs3)C2)c2ccccc21. The molecule has 2 aromatic rings. The third kappa shape index (κ3) is 2.02. The Morgan fingerprint density at radius 2 is 2.09 bits per heavy atom. The fraction of sp³-hybridized carbons (Fsp3) is 0.389. The number of carbonyl (C=O) groups excluding carboxylic acids is 1. The van der Waals surface area contributed by atoms with Crippen LogP contribution in [0.2, 0.25) is 0 Å². The van der Waals surface area contributed by atoms with Gasteiger partial charge in [-0.1, -0.05) is 24.3 Å². The zero-order valence-corrected chi connectivity index (χ0v) is 13.6. The minimum Gasteiger partial charge on any atom is -0.314 e. The Morgan fingerprint density at radius 3 is 2.91 bits per heavy atom. The smallest absolute Gasteiger partial charge is 0.238 e. The van der Waals surface area contributed by atoms with Crippen molar-refractivity contribution in [1.82, 2.24) is 4.90 Å². The zero-order chi connectivity index (χ0) is 15.2. The molecule has 114 valence electrons. The third-order valence-corrected chi connectivity index (χ3v) is 5.89. The molecule has 0 unspecified atom stereocenters. The standard InChI is InChI=1S/C18H20N2OS/c1-19-16-8-3-2-7-15(16)18(17(19)21)9-5-10-20(13-18)12-14-6-4-11-22-14/h2-4,6-8,11H,5,9-10,12-13H2,1H3/t18-/m0/s1. The maximum absolute atomic E-state index is 13.0. The Kier molecular flexibility index (Phi) is 3.31. The topological polar surface area (TPSA) is 23.6 Å². The van der Waals surface area contributed by atoms with Crippen LogP contribution in [-0.2, 0) is 16.8 Å². The van der Waals surface area contributed by atoms with E-state index in [0.29, 0.717) is 0 Å². The van der Waals surface area contributed by atoms with E-state index in [1.54, 1.807) is 11.3 Å². The van der Waals surface area contributed by atoms with Crippen molar-refractivity contribution in [3.8, 4) is 0 Å². The largest absolute Gasteiger partial charge is 0.314 e. The number of hydrogen-bond acceptors (Lipinski definition) is 3. The number of benzene rings is 1. The van der Waals surface area contributed by atoms with Gasteiger partial charge in [-0.25, -0.2) is 0 Å². The van der Waals surface area contributed by atoms with Gasteiger partial charge in [-0.15, -0.1) is 11.3 Å². The summed E-state index contributed by atoms with van der Waals surface area (Å²) in [6.45, 7) is 2.88. The van der Waals surface area contributed by atoms with Crippen LogP contribution in [0.1, 0.15) is 23.3 Å². The highest BCUT2D eigenvalue weighted by atomic mass is 32.1. The lowest BCUT2D eigenvalue weighted by Gasteiger charge is -2.39. The summed E-state index contributed by atoms with van der Waals surface area (Å²) in [6, 6.07) is 12.6. The number of likely N-dealkylation sites (tertiary alicyclic amines) is 1. The maximum atomic E-state index is 13.0. The predicted octanol–water partition coefficient (Wildman–Crippen LogP) is 3.26. The van der Waals surface area contributed by atoms with Gasteiger partial charge in [0.2, 0.25) is 5.91 Å². The van der Waals surface area contributed by atoms with E-state index in [-0.39, 0.29) is 11.3 Å². The second-order valence-electron chi connectivity index (χ2n) is 6.36. The van der Waals surface area contributed by atoms with Crippen molar-refractivity contribution in [3.05, 3.63) is 52.2 Å². The normalized spacial score (nSPS) is 25.0. The number of anilines is 1. The first-order valence-electron chi connectivity index (χ1n) is 7.83. The van der Waals surface area contributed by atoms with Crippen LogP contribution >= 0.6 is 11.3 Å². The summed E-state index contributed by atoms with van der Waals surface area (Å²) in [7, 11) is 1.91. The fourth-order valence-electron chi connectivity index (χ4n) is 4.01. The molecule has 1 saturated heterocycles. The number of para-hydroxylation sites is 1. The van der Waals surface area contributed by atoms with Crippen molar-refractivity contribution in [1.29, 1.82) is 0 Å². The van der Waals surface area contributed by atoms with Crippen molar-refractivity contribution < 1.29 is 4.79 Å². The van der Waals surface area contributed by atoms with E-state index in [4.69, 9.17) is 0 Å². The Bertz CT molecular complexity index is 697. The van der Waals surface area contributed by atoms with Crippen LogP contribution in [0.15, 0.2) is 41.8 Å². The molecule has 0 bridgehead atoms. The first kappa shape index (κ1) is 14.0. The van der Waals surface area contributed by atoms with E-state index in [9.17, 15) is 4.79 Å². The molecule has 4 heteroatoms. The Labute approximate surface area is 135 Å². The van der Waals surface area contributed by atoms with E-state index in [0.717, 1.165) is 38.2 Å². The van der Waals surface area contributed by atoms with E-state index < -0.39 is 0 Å². The summed E-state index contributed by atoms with van der Waals surface area (Å²) in [5.74, 6) is 0.268. The molecule has 1 amide bonds. The lowest BCUT2D eigenvalue weighted by atomic mass is 9.75. The van der Waals surface area contributed by atoms with Gasteiger partial charge in [0.1, 0.15) is 0 Å². The number of thiophene rings is 1. The number of hydrogen-bond donors (Lipinski definition) is 0. The van der Waals surface area contributed by atoms with Crippen LogP contribution in [0.25, 0.3) is 0 Å². The molecule has 2 aliphatic heterocycles. The second kappa shape index (κ2) is 5.21. The summed E-state index contributed by atoms with van der Waals surface area (Å²) >= 11 is 1.80. The number of piperidine rings is 1. The first-order valence-corrected chi connectivity index (χ1v) is 8.71. The zero-order valence-electron chi connectivity index (χ0n) is 12.8. The molecular weight excluding hydrogens is 292 g/mol. The Morgan fingerprint density at radius 1 is 1.23 bits per heavy atom. The van der Waals surface area contributed by atoms with Gasteiger partial charge in [-0.3, -0.25) is 9.69 Å². The molecule has 3 nitrogen and oxygen atoms in total. The molecule has 3 heterocycles. The molecule has 22 heavy (non-hydrogen) atoms. The molecule has 1 fully saturated rings. The van der Waals surface area contributed by atoms with Crippen LogP contribution in [0.3, 0.4) is 0 Å². The lowest BCUT2D eigenvalue weighted by Crippen LogP contribution is -2.51. The number of amides is 1. The third-order valence-electron chi connectivity index (χ3n) is 5.03. The number of likely N-dealkylation sites (N-methyl/N-ethyl adjacent to an activating group) is 1. The molecule has 4 rings (SSSR count). The maximum Gasteiger partial charge on any atom is 0.238 e. The number of nitrogens with zero attached hydrogens (tertiary/aromatic N) is 2. The average molecular weight is 312 g/mol. The van der Waals surface area contributed by atoms with Crippen LogP contribution in [-0.4, -0.2) is 30.9 Å². The van der Waals surface area contributed by atoms with Gasteiger partial charge in [0.15, 0.2) is 0 Å². The number of carbonyl (C=O) groups is 1. The average Bonchev–Trinajstić information content (AvgIpc) is 3.12. The molecule has 0 radical (unpaired) electrons. The number of fused-ring (bicyclic) bond motifs is 2. The summed E-state index contributed by atoms with van der Waals surface area (Å²) in [5, 5.41) is 2.12. The molecule has 1 atom stereocenters. The lowest BCUT2D eigenvalue weighted by molar-refractivity contribution is -0.125. The summed E-state index contributed by atoms with van der Waals surface area (Å²) in [4.78, 5) is 18.7. The molecule has 1 spiro atoms. The van der Waals surface area contributed by atoms with Gasteiger partial charge in [0.25, 0.3) is 0 Å². The minimum atomic E-state index is -0.332. The summed E-state index contributed by atoms with van der Waals surface area (Å²) in [5.41, 5.74) is 1.98. The van der Waals surface area contributed by atoms with Gasteiger partial charge in [-0.2, -0.15) is 0 Å². The molecule has 0 saturated carbocycles. The first-order chi connectivity index (χ1) is 10.7. The van der Waals surface area contributed by atoms with Gasteiger partial charge in [0.05, 0.1) is 5.41 Å². The van der Waals surface area contributed by atoms with Crippen molar-refractivity contribution >= 4 is 22.9 Å². The predicted molar refractivity (Wildman–Crippen MR) is 90.4 cm³/mol. The number of rotatable bonds is 2. The fourth-order valence-corrected chi connectivity index (χ4v) is 4.76. The quantitative estimate of drug-likeness (QED) is 0.850. The summed E-state index contributed by atoms with van der Waals surface area (Å²) in [6.07, 6.45) is 2.05. The van der Waals surface area contributed by atoms with Crippen LogP contribution in [0.4, 0.5) is 5.69 Å². The van der Waals surface area contributed by atoms with Crippen molar-refractivity contribution in [2.45, 2.75) is 24.8 Å². The van der Waals surface area contributed by atoms with Gasteiger partial charge < -0.3 is 4.90 Å². The highest BCUT2D eigenvalue weighted by molar-refractivity contribution is 7.09. The molecule has 1 aromatic carbocycles. The van der Waals surface area contributed by atoms with E-state index in [1.807, 2.05) is 18.0 Å². The van der Waals surface area contributed by atoms with Crippen LogP contribution in [0.5, 0.6) is 0 Å². The van der Waals surface area contributed by atoms with E-state index in [2.05, 4.69) is 40.6 Å². The monoisotopic (exact) mass is 312 g/mol. The highest BCUT2D eigenvalue weighted by Crippen LogP contribution is 2.46. The molecule has 2 aliphatic rings. The van der Waals surface area contributed by atoms with Crippen LogP contribution in [0, 0.1) is 0 Å². The van der Waals surface area contributed by atoms with Crippen molar-refractivity contribution in [2.75, 3.05) is 25.0 Å². The summed E-state index contributed by atoms with van der Waals surface area (Å²) < 4.78 is 0. The van der Waals surface area contributed by atoms with Crippen molar-refractivity contribution in [2.24, 2.45) is 0 Å². The molecule has 0 N–H and O–H groups in total. The van der Waals surface area contributed by atoms with Gasteiger partial charge in [-0.05, 0) is 42.5 Å².